The minimum Gasteiger partial charge on any atom is -0.465 e. The lowest BCUT2D eigenvalue weighted by molar-refractivity contribution is -0.412. The Hall–Kier alpha value is -1.38. The van der Waals surface area contributed by atoms with Crippen molar-refractivity contribution >= 4 is 12.7 Å². The van der Waals surface area contributed by atoms with Crippen LogP contribution in [0, 0.1) is 0 Å². The average molecular weight is 154 g/mol. The van der Waals surface area contributed by atoms with Crippen LogP contribution in [0.1, 0.15) is 0 Å². The Kier molecular flexibility index (Phi) is 3.88. The van der Waals surface area contributed by atoms with Crippen LogP contribution < -0.4 is 0 Å². The van der Waals surface area contributed by atoms with E-state index in [0.717, 1.165) is 0 Å². The van der Waals surface area contributed by atoms with Crippen molar-refractivity contribution in [3.05, 3.63) is 24.4 Å². The van der Waals surface area contributed by atoms with E-state index < -0.39 is 5.97 Å². The van der Waals surface area contributed by atoms with Gasteiger partial charge in [-0.3, -0.25) is 0 Å². The number of hydrogen-bond donors (Lipinski definition) is 0. The topological polar surface area (TPSA) is 29.3 Å². The third kappa shape index (κ3) is 3.35. The molecule has 0 unspecified atom stereocenters. The fraction of sp³-hybridized carbons (Fsp3) is 0.250. The van der Waals surface area contributed by atoms with E-state index >= 15 is 0 Å². The van der Waals surface area contributed by atoms with Crippen LogP contribution in [0.2, 0.25) is 0 Å². The molecule has 0 heterocycles. The highest BCUT2D eigenvalue weighted by Crippen LogP contribution is 1.97. The molecule has 0 aromatic rings. The van der Waals surface area contributed by atoms with E-state index in [2.05, 4.69) is 18.0 Å². The van der Waals surface area contributed by atoms with Gasteiger partial charge in [0, 0.05) is 0 Å². The lowest BCUT2D eigenvalue weighted by Gasteiger charge is -1.95. The summed E-state index contributed by atoms with van der Waals surface area (Å²) in [4.78, 5) is 10.9. The van der Waals surface area contributed by atoms with E-state index in [1.165, 1.54) is 17.8 Å². The van der Waals surface area contributed by atoms with Crippen molar-refractivity contribution in [2.24, 2.45) is 0 Å². The van der Waals surface area contributed by atoms with Gasteiger partial charge in [0.1, 0.15) is 19.3 Å². The van der Waals surface area contributed by atoms with E-state index in [4.69, 9.17) is 0 Å². The Labute approximate surface area is 66.3 Å². The number of rotatable bonds is 3. The second-order valence-corrected chi connectivity index (χ2v) is 2.04. The molecule has 0 saturated heterocycles. The molecule has 0 fully saturated rings. The zero-order valence-electron chi connectivity index (χ0n) is 6.83. The summed E-state index contributed by atoms with van der Waals surface area (Å²) in [7, 11) is 3.04. The zero-order valence-corrected chi connectivity index (χ0v) is 6.83. The van der Waals surface area contributed by atoms with Crippen LogP contribution in [0.15, 0.2) is 24.4 Å². The molecule has 3 heteroatoms. The summed E-state index contributed by atoms with van der Waals surface area (Å²) in [6.45, 7) is 7.00. The highest BCUT2D eigenvalue weighted by atomic mass is 16.5. The number of hydrogen-bond acceptors (Lipinski definition) is 2. The van der Waals surface area contributed by atoms with Crippen LogP contribution >= 0.6 is 0 Å². The maximum atomic E-state index is 10.9. The first-order valence-electron chi connectivity index (χ1n) is 3.07. The summed E-state index contributed by atoms with van der Waals surface area (Å²) in [6.07, 6.45) is 2.96. The van der Waals surface area contributed by atoms with Crippen LogP contribution in [-0.2, 0) is 9.53 Å². The number of ether oxygens (including phenoxy) is 1. The highest BCUT2D eigenvalue weighted by molar-refractivity contribution is 5.90. The van der Waals surface area contributed by atoms with Crippen molar-refractivity contribution in [2.45, 2.75) is 0 Å². The monoisotopic (exact) mass is 154 g/mol. The highest BCUT2D eigenvalue weighted by Gasteiger charge is 2.07. The van der Waals surface area contributed by atoms with Gasteiger partial charge in [-0.05, 0) is 6.08 Å². The minimum atomic E-state index is -0.407. The third-order valence-electron chi connectivity index (χ3n) is 1.00. The first kappa shape index (κ1) is 9.62. The second-order valence-electron chi connectivity index (χ2n) is 2.04. The summed E-state index contributed by atoms with van der Waals surface area (Å²) in [5.74, 6) is -0.407. The van der Waals surface area contributed by atoms with Crippen molar-refractivity contribution < 1.29 is 14.1 Å². The largest absolute Gasteiger partial charge is 0.465 e. The molecule has 11 heavy (non-hydrogen) atoms. The lowest BCUT2D eigenvalue weighted by Crippen LogP contribution is -2.05. The number of carbonyl (C=O) groups is 1. The Balaban J connectivity index is 4.52. The normalized spacial score (nSPS) is 10.5. The molecule has 0 aliphatic carbocycles. The molecule has 0 aromatic heterocycles. The molecule has 3 nitrogen and oxygen atoms in total. The van der Waals surface area contributed by atoms with Gasteiger partial charge in [0.25, 0.3) is 0 Å². The SMILES string of the molecule is C=C/C(=C\[N+](=C)C)C(=O)OC. The van der Waals surface area contributed by atoms with Crippen molar-refractivity contribution in [3.8, 4) is 0 Å². The fourth-order valence-corrected chi connectivity index (χ4v) is 0.544. The van der Waals surface area contributed by atoms with E-state index in [0.29, 0.717) is 5.57 Å². The van der Waals surface area contributed by atoms with E-state index in [9.17, 15) is 4.79 Å². The molecular formula is C8H12NO2+. The zero-order chi connectivity index (χ0) is 8.85. The lowest BCUT2D eigenvalue weighted by atomic mass is 10.3. The molecule has 0 amide bonds. The number of esters is 1. The van der Waals surface area contributed by atoms with Crippen LogP contribution in [0.5, 0.6) is 0 Å². The maximum Gasteiger partial charge on any atom is 0.343 e. The molecule has 0 aliphatic rings. The van der Waals surface area contributed by atoms with Crippen molar-refractivity contribution in [1.82, 2.24) is 0 Å². The summed E-state index contributed by atoms with van der Waals surface area (Å²) < 4.78 is 5.98. The molecule has 0 radical (unpaired) electrons. The smallest absolute Gasteiger partial charge is 0.343 e. The second kappa shape index (κ2) is 4.44. The minimum absolute atomic E-state index is 0.394. The van der Waals surface area contributed by atoms with Crippen molar-refractivity contribution in [1.29, 1.82) is 0 Å². The molecule has 0 aromatic carbocycles. The van der Waals surface area contributed by atoms with E-state index in [-0.39, 0.29) is 0 Å². The van der Waals surface area contributed by atoms with Gasteiger partial charge in [0.15, 0.2) is 6.20 Å². The Morgan fingerprint density at radius 3 is 2.45 bits per heavy atom. The quantitative estimate of drug-likeness (QED) is 0.195. The first-order valence-corrected chi connectivity index (χ1v) is 3.07. The Bertz CT molecular complexity index is 216. The maximum absolute atomic E-state index is 10.9. The third-order valence-corrected chi connectivity index (χ3v) is 1.00. The van der Waals surface area contributed by atoms with Gasteiger partial charge < -0.3 is 4.74 Å². The molecule has 0 atom stereocenters. The van der Waals surface area contributed by atoms with Gasteiger partial charge in [-0.2, -0.15) is 0 Å². The summed E-state index contributed by atoms with van der Waals surface area (Å²) in [5, 5.41) is 0. The molecule has 0 N–H and O–H groups in total. The van der Waals surface area contributed by atoms with Gasteiger partial charge in [-0.25, -0.2) is 9.37 Å². The summed E-state index contributed by atoms with van der Waals surface area (Å²) in [6, 6.07) is 0. The molecule has 0 spiro atoms. The van der Waals surface area contributed by atoms with Gasteiger partial charge in [0.2, 0.25) is 0 Å². The predicted molar refractivity (Wildman–Crippen MR) is 43.6 cm³/mol. The van der Waals surface area contributed by atoms with Gasteiger partial charge >= 0.3 is 5.97 Å². The van der Waals surface area contributed by atoms with Gasteiger partial charge in [-0.15, -0.1) is 0 Å². The average Bonchev–Trinajstić information content (AvgIpc) is 1.98. The van der Waals surface area contributed by atoms with Gasteiger partial charge in [-0.1, -0.05) is 6.58 Å². The molecule has 60 valence electrons. The molecule has 0 rings (SSSR count). The first-order chi connectivity index (χ1) is 5.11. The number of carbonyl (C=O) groups excluding carboxylic acids is 1. The standard InChI is InChI=1S/C8H12NO2/c1-5-7(6-9(2)3)8(10)11-4/h5-6H,1-2H2,3-4H3/q+1/b7-6+. The molecular weight excluding hydrogens is 142 g/mol. The summed E-state index contributed by atoms with van der Waals surface area (Å²) in [5.41, 5.74) is 0.394. The Morgan fingerprint density at radius 2 is 2.18 bits per heavy atom. The fourth-order valence-electron chi connectivity index (χ4n) is 0.544. The Morgan fingerprint density at radius 1 is 1.64 bits per heavy atom. The van der Waals surface area contributed by atoms with Crippen LogP contribution in [0.25, 0.3) is 0 Å². The summed E-state index contributed by atoms with van der Waals surface area (Å²) >= 11 is 0. The van der Waals surface area contributed by atoms with Crippen LogP contribution in [0.3, 0.4) is 0 Å². The van der Waals surface area contributed by atoms with Crippen LogP contribution in [0.4, 0.5) is 0 Å². The molecule has 0 bridgehead atoms. The van der Waals surface area contributed by atoms with Crippen molar-refractivity contribution in [3.63, 3.8) is 0 Å². The van der Waals surface area contributed by atoms with Crippen LogP contribution in [-0.4, -0.2) is 31.4 Å². The predicted octanol–water partition coefficient (Wildman–Crippen LogP) is 0.572. The van der Waals surface area contributed by atoms with E-state index in [1.807, 2.05) is 0 Å². The number of methoxy groups -OCH3 is 1. The number of nitrogens with zero attached hydrogens (tertiary/aromatic N) is 1. The van der Waals surface area contributed by atoms with E-state index in [1.54, 1.807) is 13.2 Å². The molecule has 0 aliphatic heterocycles. The van der Waals surface area contributed by atoms with Crippen molar-refractivity contribution in [2.75, 3.05) is 14.2 Å². The van der Waals surface area contributed by atoms with Gasteiger partial charge in [0.05, 0.1) is 7.11 Å². The molecule has 0 saturated carbocycles.